The van der Waals surface area contributed by atoms with Crippen LogP contribution in [0.25, 0.3) is 0 Å². The van der Waals surface area contributed by atoms with Gasteiger partial charge in [0.1, 0.15) is 0 Å². The van der Waals surface area contributed by atoms with Crippen molar-refractivity contribution in [3.05, 3.63) is 66.6 Å². The minimum atomic E-state index is -0.872. The van der Waals surface area contributed by atoms with E-state index >= 15 is 0 Å². The SMILES string of the molecule is O=C(N/N=C\c1cc(Cl)cc([N+](=O)[O-])c1[O-])c1cc(Cl)ccc1Cl. The molecule has 1 N–H and O–H groups in total. The molecule has 0 aliphatic carbocycles. The zero-order chi connectivity index (χ0) is 17.9. The van der Waals surface area contributed by atoms with E-state index in [9.17, 15) is 20.0 Å². The van der Waals surface area contributed by atoms with Crippen LogP contribution in [0.4, 0.5) is 5.69 Å². The number of nitrogens with one attached hydrogen (secondary N) is 1. The maximum atomic E-state index is 12.0. The van der Waals surface area contributed by atoms with E-state index < -0.39 is 22.3 Å². The van der Waals surface area contributed by atoms with Crippen molar-refractivity contribution < 1.29 is 14.8 Å². The molecule has 2 aromatic carbocycles. The fourth-order valence-electron chi connectivity index (χ4n) is 1.72. The third-order valence-corrected chi connectivity index (χ3v) is 3.59. The smallest absolute Gasteiger partial charge is 0.272 e. The molecular formula is C14H7Cl3N3O4-. The first-order valence-electron chi connectivity index (χ1n) is 6.23. The number of amides is 1. The van der Waals surface area contributed by atoms with Crippen LogP contribution in [-0.2, 0) is 0 Å². The Morgan fingerprint density at radius 2 is 1.88 bits per heavy atom. The Morgan fingerprint density at radius 3 is 2.54 bits per heavy atom. The molecule has 10 heteroatoms. The van der Waals surface area contributed by atoms with Crippen LogP contribution in [0.15, 0.2) is 35.4 Å². The summed E-state index contributed by atoms with van der Waals surface area (Å²) in [7, 11) is 0. The molecule has 0 spiro atoms. The molecule has 0 atom stereocenters. The zero-order valence-electron chi connectivity index (χ0n) is 11.6. The number of nitro benzene ring substituents is 1. The van der Waals surface area contributed by atoms with E-state index in [2.05, 4.69) is 10.5 Å². The van der Waals surface area contributed by atoms with Gasteiger partial charge in [-0.25, -0.2) is 5.43 Å². The van der Waals surface area contributed by atoms with Crippen LogP contribution in [0.3, 0.4) is 0 Å². The minimum absolute atomic E-state index is 0.00744. The number of hydrogen-bond acceptors (Lipinski definition) is 5. The van der Waals surface area contributed by atoms with Crippen molar-refractivity contribution in [3.8, 4) is 5.75 Å². The number of rotatable bonds is 4. The highest BCUT2D eigenvalue weighted by Gasteiger charge is 2.12. The van der Waals surface area contributed by atoms with Gasteiger partial charge in [0.15, 0.2) is 0 Å². The van der Waals surface area contributed by atoms with E-state index in [0.29, 0.717) is 5.02 Å². The lowest BCUT2D eigenvalue weighted by atomic mass is 10.2. The van der Waals surface area contributed by atoms with Gasteiger partial charge in [-0.3, -0.25) is 14.9 Å². The van der Waals surface area contributed by atoms with E-state index in [1.54, 1.807) is 0 Å². The fourth-order valence-corrected chi connectivity index (χ4v) is 2.32. The number of nitrogens with zero attached hydrogens (tertiary/aromatic N) is 2. The van der Waals surface area contributed by atoms with Crippen LogP contribution in [0.2, 0.25) is 15.1 Å². The molecule has 1 amide bonds. The van der Waals surface area contributed by atoms with Crippen molar-refractivity contribution in [1.82, 2.24) is 5.43 Å². The first-order chi connectivity index (χ1) is 11.3. The first-order valence-corrected chi connectivity index (χ1v) is 7.36. The Morgan fingerprint density at radius 1 is 1.17 bits per heavy atom. The first kappa shape index (κ1) is 18.0. The summed E-state index contributed by atoms with van der Waals surface area (Å²) in [4.78, 5) is 21.9. The molecule has 2 rings (SSSR count). The zero-order valence-corrected chi connectivity index (χ0v) is 13.9. The minimum Gasteiger partial charge on any atom is -0.867 e. The van der Waals surface area contributed by atoms with Gasteiger partial charge >= 0.3 is 0 Å². The van der Waals surface area contributed by atoms with Gasteiger partial charge in [0.25, 0.3) is 11.6 Å². The van der Waals surface area contributed by atoms with Gasteiger partial charge in [-0.05, 0) is 35.6 Å². The van der Waals surface area contributed by atoms with E-state index in [1.165, 1.54) is 24.3 Å². The Labute approximate surface area is 150 Å². The molecule has 0 aromatic heterocycles. The number of carbonyl (C=O) groups excluding carboxylic acids is 1. The number of halogens is 3. The van der Waals surface area contributed by atoms with Gasteiger partial charge in [-0.2, -0.15) is 5.10 Å². The van der Waals surface area contributed by atoms with Crippen LogP contribution >= 0.6 is 34.8 Å². The van der Waals surface area contributed by atoms with Crippen molar-refractivity contribution in [1.29, 1.82) is 0 Å². The molecule has 0 saturated carbocycles. The summed E-state index contributed by atoms with van der Waals surface area (Å²) in [6.45, 7) is 0. The summed E-state index contributed by atoms with van der Waals surface area (Å²) in [6, 6.07) is 6.43. The molecule has 24 heavy (non-hydrogen) atoms. The van der Waals surface area contributed by atoms with Crippen molar-refractivity contribution in [2.75, 3.05) is 0 Å². The predicted molar refractivity (Wildman–Crippen MR) is 89.1 cm³/mol. The second-order valence-corrected chi connectivity index (χ2v) is 5.70. The molecule has 0 bridgehead atoms. The summed E-state index contributed by atoms with van der Waals surface area (Å²) in [5.74, 6) is -1.54. The van der Waals surface area contributed by atoms with Gasteiger partial charge in [0.05, 0.1) is 21.7 Å². The Balaban J connectivity index is 2.22. The van der Waals surface area contributed by atoms with Gasteiger partial charge in [-0.1, -0.05) is 34.8 Å². The number of benzene rings is 2. The lowest BCUT2D eigenvalue weighted by Crippen LogP contribution is -2.18. The lowest BCUT2D eigenvalue weighted by Gasteiger charge is -2.10. The monoisotopic (exact) mass is 386 g/mol. The van der Waals surface area contributed by atoms with E-state index in [0.717, 1.165) is 12.3 Å². The maximum absolute atomic E-state index is 12.0. The Hall–Kier alpha value is -2.35. The third kappa shape index (κ3) is 4.14. The average molecular weight is 388 g/mol. The maximum Gasteiger partial charge on any atom is 0.272 e. The highest BCUT2D eigenvalue weighted by molar-refractivity contribution is 6.35. The topological polar surface area (TPSA) is 108 Å². The molecule has 0 radical (unpaired) electrons. The van der Waals surface area contributed by atoms with Crippen molar-refractivity contribution in [2.24, 2.45) is 5.10 Å². The highest BCUT2D eigenvalue weighted by atomic mass is 35.5. The Bertz CT molecular complexity index is 855. The molecule has 7 nitrogen and oxygen atoms in total. The molecular weight excluding hydrogens is 381 g/mol. The quantitative estimate of drug-likeness (QED) is 0.493. The average Bonchev–Trinajstić information content (AvgIpc) is 2.52. The predicted octanol–water partition coefficient (Wildman–Crippen LogP) is 3.39. The van der Waals surface area contributed by atoms with E-state index in [4.69, 9.17) is 34.8 Å². The van der Waals surface area contributed by atoms with Crippen molar-refractivity contribution in [3.63, 3.8) is 0 Å². The summed E-state index contributed by atoms with van der Waals surface area (Å²) in [6.07, 6.45) is 0.956. The van der Waals surface area contributed by atoms with Gasteiger partial charge in [0, 0.05) is 16.1 Å². The number of carbonyl (C=O) groups is 1. The number of hydrogen-bond donors (Lipinski definition) is 1. The number of hydrazone groups is 1. The van der Waals surface area contributed by atoms with Gasteiger partial charge in [0.2, 0.25) is 0 Å². The molecule has 0 heterocycles. The molecule has 0 aliphatic heterocycles. The molecule has 124 valence electrons. The van der Waals surface area contributed by atoms with Crippen LogP contribution < -0.4 is 10.5 Å². The molecule has 0 saturated heterocycles. The fraction of sp³-hybridized carbons (Fsp3) is 0. The third-order valence-electron chi connectivity index (χ3n) is 2.80. The normalized spacial score (nSPS) is 10.8. The van der Waals surface area contributed by atoms with Crippen LogP contribution in [-0.4, -0.2) is 17.0 Å². The summed E-state index contributed by atoms with van der Waals surface area (Å²) in [5, 5.41) is 26.7. The molecule has 0 unspecified atom stereocenters. The van der Waals surface area contributed by atoms with Crippen LogP contribution in [0, 0.1) is 10.1 Å². The lowest BCUT2D eigenvalue weighted by molar-refractivity contribution is -0.398. The second kappa shape index (κ2) is 7.48. The Kier molecular flexibility index (Phi) is 5.61. The highest BCUT2D eigenvalue weighted by Crippen LogP contribution is 2.30. The second-order valence-electron chi connectivity index (χ2n) is 4.42. The van der Waals surface area contributed by atoms with Crippen molar-refractivity contribution >= 4 is 52.6 Å². The molecule has 2 aromatic rings. The van der Waals surface area contributed by atoms with Gasteiger partial charge < -0.3 is 5.11 Å². The van der Waals surface area contributed by atoms with Crippen molar-refractivity contribution in [2.45, 2.75) is 0 Å². The molecule has 0 fully saturated rings. The molecule has 0 aliphatic rings. The van der Waals surface area contributed by atoms with E-state index in [1.807, 2.05) is 0 Å². The number of nitro groups is 1. The van der Waals surface area contributed by atoms with Gasteiger partial charge in [-0.15, -0.1) is 0 Å². The van der Waals surface area contributed by atoms with E-state index in [-0.39, 0.29) is 21.2 Å². The summed E-state index contributed by atoms with van der Waals surface area (Å²) in [5.41, 5.74) is 1.40. The van der Waals surface area contributed by atoms with Crippen LogP contribution in [0.1, 0.15) is 15.9 Å². The summed E-state index contributed by atoms with van der Waals surface area (Å²) >= 11 is 17.4. The summed E-state index contributed by atoms with van der Waals surface area (Å²) < 4.78 is 0. The largest absolute Gasteiger partial charge is 0.867 e. The standard InChI is InChI=1S/C14H8Cl3N3O4/c15-8-1-2-11(17)10(4-8)14(22)19-18-6-7-3-9(16)5-12(13(7)21)20(23)24/h1-6,21H,(H,19,22)/p-1/b18-6-. The van der Waals surface area contributed by atoms with Crippen LogP contribution in [0.5, 0.6) is 5.75 Å².